The Morgan fingerprint density at radius 1 is 1.38 bits per heavy atom. The number of nitrogens with one attached hydrogen (secondary N) is 1. The minimum Gasteiger partial charge on any atom is -0.463 e. The smallest absolute Gasteiger partial charge is 0.330 e. The van der Waals surface area contributed by atoms with Crippen LogP contribution in [-0.4, -0.2) is 28.7 Å². The van der Waals surface area contributed by atoms with Gasteiger partial charge in [0.2, 0.25) is 0 Å². The molecule has 0 aliphatic carbocycles. The van der Waals surface area contributed by atoms with Crippen molar-refractivity contribution in [2.45, 2.75) is 26.8 Å². The van der Waals surface area contributed by atoms with Crippen molar-refractivity contribution in [3.05, 3.63) is 59.2 Å². The monoisotopic (exact) mass is 327 g/mol. The van der Waals surface area contributed by atoms with Crippen LogP contribution in [-0.2, 0) is 29.5 Å². The van der Waals surface area contributed by atoms with Crippen LogP contribution >= 0.6 is 0 Å². The van der Waals surface area contributed by atoms with Crippen molar-refractivity contribution in [2.24, 2.45) is 7.05 Å². The molecule has 0 radical (unpaired) electrons. The van der Waals surface area contributed by atoms with E-state index >= 15 is 0 Å². The van der Waals surface area contributed by atoms with Gasteiger partial charge in [-0.15, -0.1) is 0 Å². The summed E-state index contributed by atoms with van der Waals surface area (Å²) >= 11 is 0. The molecule has 0 amide bonds. The van der Waals surface area contributed by atoms with Gasteiger partial charge in [0.15, 0.2) is 0 Å². The second-order valence-electron chi connectivity index (χ2n) is 5.62. The third-order valence-corrected chi connectivity index (χ3v) is 3.96. The highest BCUT2D eigenvalue weighted by molar-refractivity contribution is 5.86. The zero-order valence-electron chi connectivity index (χ0n) is 14.6. The van der Waals surface area contributed by atoms with E-state index in [0.717, 1.165) is 25.2 Å². The van der Waals surface area contributed by atoms with Crippen LogP contribution in [0.15, 0.2) is 36.7 Å². The first kappa shape index (κ1) is 17.9. The average molecular weight is 327 g/mol. The van der Waals surface area contributed by atoms with Crippen molar-refractivity contribution in [2.75, 3.05) is 13.2 Å². The number of nitrogens with zero attached hydrogens (tertiary/aromatic N) is 2. The molecule has 0 fully saturated rings. The van der Waals surface area contributed by atoms with Gasteiger partial charge in [0.25, 0.3) is 0 Å². The third kappa shape index (κ3) is 5.06. The molecule has 2 aromatic rings. The maximum Gasteiger partial charge on any atom is 0.330 e. The summed E-state index contributed by atoms with van der Waals surface area (Å²) in [5, 5.41) is 3.46. The zero-order chi connectivity index (χ0) is 17.4. The topological polar surface area (TPSA) is 56.1 Å². The second kappa shape index (κ2) is 9.03. The molecule has 5 nitrogen and oxygen atoms in total. The van der Waals surface area contributed by atoms with Gasteiger partial charge in [-0.25, -0.2) is 4.79 Å². The number of ether oxygens (including phenoxy) is 1. The Bertz CT molecular complexity index is 704. The van der Waals surface area contributed by atoms with Crippen molar-refractivity contribution in [3.8, 4) is 0 Å². The summed E-state index contributed by atoms with van der Waals surface area (Å²) in [5.41, 5.74) is 4.70. The lowest BCUT2D eigenvalue weighted by molar-refractivity contribution is -0.137. The van der Waals surface area contributed by atoms with E-state index < -0.39 is 0 Å². The molecule has 2 rings (SSSR count). The number of esters is 1. The van der Waals surface area contributed by atoms with Crippen LogP contribution in [0.1, 0.15) is 29.4 Å². The van der Waals surface area contributed by atoms with E-state index in [1.54, 1.807) is 13.0 Å². The maximum atomic E-state index is 11.4. The molecule has 0 unspecified atom stereocenters. The molecule has 0 atom stereocenters. The van der Waals surface area contributed by atoms with E-state index in [4.69, 9.17) is 4.74 Å². The van der Waals surface area contributed by atoms with E-state index in [1.807, 2.05) is 25.5 Å². The van der Waals surface area contributed by atoms with Crippen LogP contribution in [0.25, 0.3) is 6.08 Å². The second-order valence-corrected chi connectivity index (χ2v) is 5.62. The lowest BCUT2D eigenvalue weighted by Gasteiger charge is -2.09. The molecule has 24 heavy (non-hydrogen) atoms. The van der Waals surface area contributed by atoms with Crippen LogP contribution in [0.5, 0.6) is 0 Å². The Kier molecular flexibility index (Phi) is 6.75. The lowest BCUT2D eigenvalue weighted by Crippen LogP contribution is -2.18. The van der Waals surface area contributed by atoms with Crippen LogP contribution in [0.2, 0.25) is 0 Å². The summed E-state index contributed by atoms with van der Waals surface area (Å²) in [6.07, 6.45) is 7.95. The van der Waals surface area contributed by atoms with Crippen molar-refractivity contribution in [1.29, 1.82) is 0 Å². The first-order chi connectivity index (χ1) is 11.6. The highest BCUT2D eigenvalue weighted by atomic mass is 16.5. The minimum atomic E-state index is -0.314. The maximum absolute atomic E-state index is 11.4. The number of aryl methyl sites for hydroxylation is 1. The van der Waals surface area contributed by atoms with Crippen molar-refractivity contribution >= 4 is 12.0 Å². The zero-order valence-corrected chi connectivity index (χ0v) is 14.6. The minimum absolute atomic E-state index is 0.314. The first-order valence-corrected chi connectivity index (χ1v) is 8.21. The predicted molar refractivity (Wildman–Crippen MR) is 95.5 cm³/mol. The molecule has 5 heteroatoms. The van der Waals surface area contributed by atoms with Crippen LogP contribution in [0.4, 0.5) is 0 Å². The number of hydrogen-bond acceptors (Lipinski definition) is 4. The highest BCUT2D eigenvalue weighted by Crippen LogP contribution is 2.10. The molecule has 0 aliphatic rings. The normalized spacial score (nSPS) is 11.1. The third-order valence-electron chi connectivity index (χ3n) is 3.96. The van der Waals surface area contributed by atoms with Crippen molar-refractivity contribution in [3.63, 3.8) is 0 Å². The Morgan fingerprint density at radius 2 is 2.21 bits per heavy atom. The van der Waals surface area contributed by atoms with E-state index in [1.165, 1.54) is 22.9 Å². The van der Waals surface area contributed by atoms with Gasteiger partial charge < -0.3 is 14.6 Å². The summed E-state index contributed by atoms with van der Waals surface area (Å²) < 4.78 is 6.96. The molecular weight excluding hydrogens is 302 g/mol. The molecule has 1 N–H and O–H groups in total. The van der Waals surface area contributed by atoms with Gasteiger partial charge in [-0.05, 0) is 62.2 Å². The fourth-order valence-electron chi connectivity index (χ4n) is 2.48. The molecule has 0 aliphatic heterocycles. The lowest BCUT2D eigenvalue weighted by atomic mass is 10.1. The summed E-state index contributed by atoms with van der Waals surface area (Å²) in [6, 6.07) is 6.13. The molecule has 0 saturated carbocycles. The van der Waals surface area contributed by atoms with Crippen LogP contribution < -0.4 is 5.32 Å². The van der Waals surface area contributed by atoms with Gasteiger partial charge in [-0.3, -0.25) is 4.98 Å². The number of aromatic nitrogens is 2. The van der Waals surface area contributed by atoms with Gasteiger partial charge in [-0.2, -0.15) is 0 Å². The average Bonchev–Trinajstić information content (AvgIpc) is 2.92. The van der Waals surface area contributed by atoms with Crippen LogP contribution in [0.3, 0.4) is 0 Å². The number of pyridine rings is 1. The Hall–Kier alpha value is -2.40. The van der Waals surface area contributed by atoms with E-state index in [-0.39, 0.29) is 5.97 Å². The van der Waals surface area contributed by atoms with Gasteiger partial charge >= 0.3 is 5.97 Å². The number of rotatable bonds is 8. The largest absolute Gasteiger partial charge is 0.463 e. The van der Waals surface area contributed by atoms with Crippen molar-refractivity contribution < 1.29 is 9.53 Å². The standard InChI is InChI=1S/C19H25N3O2/c1-4-24-19(23)8-7-17-5-6-18(22(17)3)14-21-12-10-16-9-11-20-13-15(16)2/h5-9,11,13,21H,4,10,12,14H2,1-3H3. The first-order valence-electron chi connectivity index (χ1n) is 8.21. The predicted octanol–water partition coefficient (Wildman–Crippen LogP) is 2.64. The summed E-state index contributed by atoms with van der Waals surface area (Å²) in [5.74, 6) is -0.314. The molecule has 2 heterocycles. The van der Waals surface area contributed by atoms with Gasteiger partial charge in [0.1, 0.15) is 0 Å². The van der Waals surface area contributed by atoms with Gasteiger partial charge in [-0.1, -0.05) is 0 Å². The van der Waals surface area contributed by atoms with Crippen molar-refractivity contribution in [1.82, 2.24) is 14.9 Å². The molecule has 0 saturated heterocycles. The van der Waals surface area contributed by atoms with E-state index in [2.05, 4.69) is 33.9 Å². The summed E-state index contributed by atoms with van der Waals surface area (Å²) in [7, 11) is 1.99. The van der Waals surface area contributed by atoms with Gasteiger partial charge in [0, 0.05) is 43.4 Å². The molecule has 0 spiro atoms. The van der Waals surface area contributed by atoms with Crippen LogP contribution in [0, 0.1) is 6.92 Å². The highest BCUT2D eigenvalue weighted by Gasteiger charge is 2.03. The molecule has 0 bridgehead atoms. The van der Waals surface area contributed by atoms with E-state index in [0.29, 0.717) is 6.61 Å². The van der Waals surface area contributed by atoms with E-state index in [9.17, 15) is 4.79 Å². The summed E-state index contributed by atoms with van der Waals surface area (Å²) in [6.45, 7) is 5.97. The fraction of sp³-hybridized carbons (Fsp3) is 0.368. The SMILES string of the molecule is CCOC(=O)C=Cc1ccc(CNCCc2ccncc2C)n1C. The molecular formula is C19H25N3O2. The Morgan fingerprint density at radius 3 is 2.96 bits per heavy atom. The van der Waals surface area contributed by atoms with Gasteiger partial charge in [0.05, 0.1) is 6.61 Å². The quantitative estimate of drug-likeness (QED) is 0.460. The molecule has 128 valence electrons. The summed E-state index contributed by atoms with van der Waals surface area (Å²) in [4.78, 5) is 15.5. The number of carbonyl (C=O) groups excluding carboxylic acids is 1. The fourth-order valence-corrected chi connectivity index (χ4v) is 2.48. The Balaban J connectivity index is 1.83. The number of carbonyl (C=O) groups is 1. The Labute approximate surface area is 143 Å². The number of hydrogen-bond donors (Lipinski definition) is 1. The molecule has 0 aromatic carbocycles. The molecule has 2 aromatic heterocycles.